The fourth-order valence-electron chi connectivity index (χ4n) is 4.39. The van der Waals surface area contributed by atoms with E-state index >= 15 is 0 Å². The molecule has 1 atom stereocenters. The molecular weight excluding hydrogens is 462 g/mol. The van der Waals surface area contributed by atoms with Crippen LogP contribution >= 0.6 is 0 Å². The first kappa shape index (κ1) is 24.9. The Morgan fingerprint density at radius 3 is 2.54 bits per heavy atom. The Labute approximate surface area is 207 Å². The second kappa shape index (κ2) is 10.6. The van der Waals surface area contributed by atoms with Gasteiger partial charge in [0.2, 0.25) is 15.9 Å². The van der Waals surface area contributed by atoms with Crippen LogP contribution in [0.25, 0.3) is 12.2 Å². The average molecular weight is 494 g/mol. The highest BCUT2D eigenvalue weighted by Gasteiger charge is 2.37. The van der Waals surface area contributed by atoms with Gasteiger partial charge in [-0.2, -0.15) is 4.31 Å². The number of carbonyl (C=O) groups is 1. The zero-order valence-corrected chi connectivity index (χ0v) is 21.2. The molecule has 7 nitrogen and oxygen atoms in total. The van der Waals surface area contributed by atoms with Gasteiger partial charge in [-0.1, -0.05) is 71.4 Å². The largest absolute Gasteiger partial charge is 0.355 e. The van der Waals surface area contributed by atoms with Crippen LogP contribution in [0.15, 0.2) is 64.0 Å². The third kappa shape index (κ3) is 5.71. The zero-order valence-electron chi connectivity index (χ0n) is 20.3. The van der Waals surface area contributed by atoms with Crippen molar-refractivity contribution in [3.8, 4) is 0 Å². The summed E-state index contributed by atoms with van der Waals surface area (Å²) >= 11 is 0. The lowest BCUT2D eigenvalue weighted by atomic mass is 9.98. The third-order valence-corrected chi connectivity index (χ3v) is 8.33. The van der Waals surface area contributed by atoms with E-state index in [-0.39, 0.29) is 29.0 Å². The Bertz CT molecular complexity index is 1300. The van der Waals surface area contributed by atoms with Gasteiger partial charge in [-0.05, 0) is 43.9 Å². The number of aryl methyl sites for hydroxylation is 2. The number of carbonyl (C=O) groups excluding carboxylic acids is 1. The maximum Gasteiger partial charge on any atom is 0.248 e. The molecule has 1 amide bonds. The van der Waals surface area contributed by atoms with Crippen molar-refractivity contribution in [3.63, 3.8) is 0 Å². The van der Waals surface area contributed by atoms with Gasteiger partial charge in [0.1, 0.15) is 5.69 Å². The molecule has 1 aromatic heterocycles. The molecule has 8 heteroatoms. The van der Waals surface area contributed by atoms with Gasteiger partial charge in [0.25, 0.3) is 0 Å². The molecule has 1 unspecified atom stereocenters. The summed E-state index contributed by atoms with van der Waals surface area (Å²) in [6.45, 7) is 4.63. The Kier molecular flexibility index (Phi) is 7.52. The van der Waals surface area contributed by atoms with Crippen LogP contribution in [-0.2, 0) is 21.4 Å². The van der Waals surface area contributed by atoms with Crippen LogP contribution in [0.2, 0.25) is 0 Å². The normalized spacial score (nSPS) is 17.1. The summed E-state index contributed by atoms with van der Waals surface area (Å²) < 4.78 is 34.1. The van der Waals surface area contributed by atoms with Crippen LogP contribution in [0, 0.1) is 19.8 Å². The molecule has 184 valence electrons. The SMILES string of the molecule is Cc1ccc(/C=C/c2onc(C)c2S(=O)(=O)N2CCCC(C(=O)N(C)Cc3ccccc3)C2)cc1. The van der Waals surface area contributed by atoms with Crippen molar-refractivity contribution < 1.29 is 17.7 Å². The van der Waals surface area contributed by atoms with Gasteiger partial charge in [0, 0.05) is 26.7 Å². The van der Waals surface area contributed by atoms with Crippen LogP contribution in [0.4, 0.5) is 0 Å². The van der Waals surface area contributed by atoms with Crippen molar-refractivity contribution in [2.24, 2.45) is 5.92 Å². The Morgan fingerprint density at radius 2 is 1.83 bits per heavy atom. The second-order valence-corrected chi connectivity index (χ2v) is 11.0. The third-order valence-electron chi connectivity index (χ3n) is 6.31. The molecule has 2 heterocycles. The second-order valence-electron chi connectivity index (χ2n) is 9.09. The van der Waals surface area contributed by atoms with Gasteiger partial charge in [-0.25, -0.2) is 8.42 Å². The summed E-state index contributed by atoms with van der Waals surface area (Å²) in [5.41, 5.74) is 3.42. The van der Waals surface area contributed by atoms with Crippen LogP contribution < -0.4 is 0 Å². The standard InChI is InChI=1S/C27H31N3O4S/c1-20-11-13-22(14-12-20)15-16-25-26(21(2)28-34-25)35(32,33)30-17-7-10-24(19-30)27(31)29(3)18-23-8-5-4-6-9-23/h4-6,8-9,11-16,24H,7,10,17-19H2,1-3H3/b16-15+. The summed E-state index contributed by atoms with van der Waals surface area (Å²) in [6, 6.07) is 17.6. The highest BCUT2D eigenvalue weighted by Crippen LogP contribution is 2.30. The monoisotopic (exact) mass is 493 g/mol. The molecule has 2 aromatic carbocycles. The van der Waals surface area contributed by atoms with Gasteiger partial charge in [0.05, 0.1) is 5.92 Å². The number of amides is 1. The van der Waals surface area contributed by atoms with Crippen molar-refractivity contribution in [3.05, 3.63) is 82.7 Å². The summed E-state index contributed by atoms with van der Waals surface area (Å²) in [5, 5.41) is 3.93. The summed E-state index contributed by atoms with van der Waals surface area (Å²) in [7, 11) is -2.12. The van der Waals surface area contributed by atoms with Crippen molar-refractivity contribution in [2.75, 3.05) is 20.1 Å². The molecule has 0 radical (unpaired) electrons. The fourth-order valence-corrected chi connectivity index (χ4v) is 6.16. The van der Waals surface area contributed by atoms with Gasteiger partial charge in [0.15, 0.2) is 10.7 Å². The number of rotatable bonds is 7. The van der Waals surface area contributed by atoms with Crippen molar-refractivity contribution in [1.29, 1.82) is 0 Å². The van der Waals surface area contributed by atoms with Gasteiger partial charge < -0.3 is 9.42 Å². The highest BCUT2D eigenvalue weighted by molar-refractivity contribution is 7.89. The first-order chi connectivity index (χ1) is 16.8. The predicted octanol–water partition coefficient (Wildman–Crippen LogP) is 4.52. The zero-order chi connectivity index (χ0) is 25.0. The van der Waals surface area contributed by atoms with Crippen molar-refractivity contribution >= 4 is 28.1 Å². The summed E-state index contributed by atoms with van der Waals surface area (Å²) in [4.78, 5) is 14.9. The molecule has 0 bridgehead atoms. The van der Waals surface area contributed by atoms with Gasteiger partial charge in [-0.3, -0.25) is 4.79 Å². The molecule has 35 heavy (non-hydrogen) atoms. The maximum absolute atomic E-state index is 13.6. The van der Waals surface area contributed by atoms with E-state index in [1.807, 2.05) is 61.5 Å². The molecule has 0 aliphatic carbocycles. The molecule has 4 rings (SSSR count). The molecule has 1 saturated heterocycles. The Morgan fingerprint density at radius 1 is 1.11 bits per heavy atom. The number of hydrogen-bond donors (Lipinski definition) is 0. The predicted molar refractivity (Wildman–Crippen MR) is 136 cm³/mol. The minimum absolute atomic E-state index is 0.0460. The van der Waals surface area contributed by atoms with Crippen LogP contribution in [0.5, 0.6) is 0 Å². The maximum atomic E-state index is 13.6. The highest BCUT2D eigenvalue weighted by atomic mass is 32.2. The summed E-state index contributed by atoms with van der Waals surface area (Å²) in [6.07, 6.45) is 4.72. The van der Waals surface area contributed by atoms with E-state index in [1.54, 1.807) is 31.0 Å². The number of hydrogen-bond acceptors (Lipinski definition) is 5. The number of benzene rings is 2. The molecule has 0 N–H and O–H groups in total. The summed E-state index contributed by atoms with van der Waals surface area (Å²) in [5.74, 6) is -0.244. The first-order valence-corrected chi connectivity index (χ1v) is 13.2. The number of sulfonamides is 1. The number of nitrogens with zero attached hydrogens (tertiary/aromatic N) is 3. The lowest BCUT2D eigenvalue weighted by Crippen LogP contribution is -2.45. The van der Waals surface area contributed by atoms with Gasteiger partial charge >= 0.3 is 0 Å². The number of piperidine rings is 1. The van der Waals surface area contributed by atoms with E-state index in [2.05, 4.69) is 5.16 Å². The fraction of sp³-hybridized carbons (Fsp3) is 0.333. The molecular formula is C27H31N3O4S. The van der Waals surface area contributed by atoms with E-state index < -0.39 is 10.0 Å². The van der Waals surface area contributed by atoms with E-state index in [1.165, 1.54) is 4.31 Å². The lowest BCUT2D eigenvalue weighted by Gasteiger charge is -2.33. The van der Waals surface area contributed by atoms with E-state index in [9.17, 15) is 13.2 Å². The molecule has 1 fully saturated rings. The first-order valence-electron chi connectivity index (χ1n) is 11.8. The van der Waals surface area contributed by atoms with Gasteiger partial charge in [-0.15, -0.1) is 0 Å². The van der Waals surface area contributed by atoms with Crippen LogP contribution in [0.1, 0.15) is 41.0 Å². The quantitative estimate of drug-likeness (QED) is 0.483. The van der Waals surface area contributed by atoms with Crippen molar-refractivity contribution in [1.82, 2.24) is 14.4 Å². The minimum atomic E-state index is -3.89. The topological polar surface area (TPSA) is 83.7 Å². The van der Waals surface area contributed by atoms with E-state index in [0.29, 0.717) is 31.6 Å². The molecule has 3 aromatic rings. The van der Waals surface area contributed by atoms with Crippen LogP contribution in [-0.4, -0.2) is 48.8 Å². The molecule has 0 spiro atoms. The van der Waals surface area contributed by atoms with Crippen LogP contribution in [0.3, 0.4) is 0 Å². The van der Waals surface area contributed by atoms with E-state index in [0.717, 1.165) is 16.7 Å². The average Bonchev–Trinajstić information content (AvgIpc) is 3.25. The molecule has 1 aliphatic rings. The minimum Gasteiger partial charge on any atom is -0.355 e. The smallest absolute Gasteiger partial charge is 0.248 e. The number of aromatic nitrogens is 1. The van der Waals surface area contributed by atoms with Crippen molar-refractivity contribution in [2.45, 2.75) is 38.1 Å². The van der Waals surface area contributed by atoms with E-state index in [4.69, 9.17) is 4.52 Å². The Hall–Kier alpha value is -3.23. The molecule has 1 aliphatic heterocycles. The Balaban J connectivity index is 1.51. The molecule has 0 saturated carbocycles. The lowest BCUT2D eigenvalue weighted by molar-refractivity contribution is -0.135.